The van der Waals surface area contributed by atoms with Crippen LogP contribution in [0.2, 0.25) is 0 Å². The molecule has 100 valence electrons. The Morgan fingerprint density at radius 1 is 1.47 bits per heavy atom. The number of rotatable bonds is 5. The molecule has 0 radical (unpaired) electrons. The lowest BCUT2D eigenvalue weighted by Gasteiger charge is -1.98. The fourth-order valence-corrected chi connectivity index (χ4v) is 1.61. The van der Waals surface area contributed by atoms with E-state index in [9.17, 15) is 9.18 Å². The average molecular weight is 264 g/mol. The van der Waals surface area contributed by atoms with Crippen molar-refractivity contribution in [2.45, 2.75) is 13.3 Å². The zero-order valence-corrected chi connectivity index (χ0v) is 10.6. The number of benzene rings is 1. The van der Waals surface area contributed by atoms with Crippen molar-refractivity contribution in [1.82, 2.24) is 10.1 Å². The van der Waals surface area contributed by atoms with E-state index in [1.165, 1.54) is 13.2 Å². The maximum absolute atomic E-state index is 13.2. The summed E-state index contributed by atoms with van der Waals surface area (Å²) in [5, 5.41) is 3.77. The maximum atomic E-state index is 13.2. The van der Waals surface area contributed by atoms with Crippen LogP contribution in [0, 0.1) is 12.7 Å². The van der Waals surface area contributed by atoms with Gasteiger partial charge in [0.25, 0.3) is 0 Å². The van der Waals surface area contributed by atoms with Crippen LogP contribution in [0.4, 0.5) is 4.39 Å². The standard InChI is InChI=1S/C13H13FN2O3/c1-8-5-9(3-4-11(8)14)13-15-12(19-16-13)6-10(17)7-18-2/h3-5H,6-7H2,1-2H3. The number of aryl methyl sites for hydroxylation is 1. The third-order valence-electron chi connectivity index (χ3n) is 2.54. The molecule has 0 aliphatic heterocycles. The molecule has 0 saturated heterocycles. The van der Waals surface area contributed by atoms with Crippen molar-refractivity contribution in [1.29, 1.82) is 0 Å². The van der Waals surface area contributed by atoms with Gasteiger partial charge in [0.05, 0.1) is 6.42 Å². The molecule has 1 aromatic carbocycles. The maximum Gasteiger partial charge on any atom is 0.234 e. The van der Waals surface area contributed by atoms with Crippen LogP contribution in [0.15, 0.2) is 22.7 Å². The Kier molecular flexibility index (Phi) is 4.01. The predicted molar refractivity (Wildman–Crippen MR) is 65.0 cm³/mol. The third-order valence-corrected chi connectivity index (χ3v) is 2.54. The summed E-state index contributed by atoms with van der Waals surface area (Å²) in [6.45, 7) is 1.66. The summed E-state index contributed by atoms with van der Waals surface area (Å²) >= 11 is 0. The van der Waals surface area contributed by atoms with Gasteiger partial charge in [-0.2, -0.15) is 4.98 Å². The van der Waals surface area contributed by atoms with Crippen molar-refractivity contribution >= 4 is 5.78 Å². The first kappa shape index (κ1) is 13.4. The number of hydrogen-bond donors (Lipinski definition) is 0. The normalized spacial score (nSPS) is 10.7. The molecule has 0 fully saturated rings. The van der Waals surface area contributed by atoms with Crippen LogP contribution >= 0.6 is 0 Å². The van der Waals surface area contributed by atoms with E-state index in [4.69, 9.17) is 9.26 Å². The highest BCUT2D eigenvalue weighted by Crippen LogP contribution is 2.19. The van der Waals surface area contributed by atoms with Gasteiger partial charge in [0.2, 0.25) is 11.7 Å². The van der Waals surface area contributed by atoms with E-state index in [1.807, 2.05) is 0 Å². The second-order valence-corrected chi connectivity index (χ2v) is 4.12. The van der Waals surface area contributed by atoms with Gasteiger partial charge in [-0.25, -0.2) is 4.39 Å². The SMILES string of the molecule is COCC(=O)Cc1nc(-c2ccc(F)c(C)c2)no1. The van der Waals surface area contributed by atoms with Crippen molar-refractivity contribution in [3.05, 3.63) is 35.5 Å². The van der Waals surface area contributed by atoms with Gasteiger partial charge < -0.3 is 9.26 Å². The van der Waals surface area contributed by atoms with E-state index in [0.29, 0.717) is 17.0 Å². The lowest BCUT2D eigenvalue weighted by Crippen LogP contribution is -2.09. The van der Waals surface area contributed by atoms with Gasteiger partial charge in [0.1, 0.15) is 12.4 Å². The van der Waals surface area contributed by atoms with Gasteiger partial charge in [0, 0.05) is 12.7 Å². The van der Waals surface area contributed by atoms with Crippen LogP contribution < -0.4 is 0 Å². The Hall–Kier alpha value is -2.08. The van der Waals surface area contributed by atoms with Crippen LogP contribution in [-0.4, -0.2) is 29.6 Å². The molecule has 0 N–H and O–H groups in total. The molecule has 0 spiro atoms. The molecule has 0 amide bonds. The van der Waals surface area contributed by atoms with Crippen molar-refractivity contribution in [2.24, 2.45) is 0 Å². The molecule has 0 atom stereocenters. The number of carbonyl (C=O) groups is 1. The first-order chi connectivity index (χ1) is 9.10. The number of hydrogen-bond acceptors (Lipinski definition) is 5. The van der Waals surface area contributed by atoms with Crippen LogP contribution in [-0.2, 0) is 16.0 Å². The zero-order chi connectivity index (χ0) is 13.8. The zero-order valence-electron chi connectivity index (χ0n) is 10.6. The number of ketones is 1. The molecule has 6 heteroatoms. The van der Waals surface area contributed by atoms with Crippen molar-refractivity contribution < 1.29 is 18.4 Å². The molecule has 1 aromatic heterocycles. The lowest BCUT2D eigenvalue weighted by atomic mass is 10.1. The predicted octanol–water partition coefficient (Wildman–Crippen LogP) is 1.94. The van der Waals surface area contributed by atoms with Crippen LogP contribution in [0.5, 0.6) is 0 Å². The number of methoxy groups -OCH3 is 1. The van der Waals surface area contributed by atoms with E-state index in [-0.39, 0.29) is 30.5 Å². The Morgan fingerprint density at radius 2 is 2.26 bits per heavy atom. The topological polar surface area (TPSA) is 65.2 Å². The summed E-state index contributed by atoms with van der Waals surface area (Å²) in [6.07, 6.45) is 0.0288. The number of halogens is 1. The van der Waals surface area contributed by atoms with Crippen LogP contribution in [0.1, 0.15) is 11.5 Å². The first-order valence-corrected chi connectivity index (χ1v) is 5.70. The van der Waals surface area contributed by atoms with Crippen molar-refractivity contribution in [3.63, 3.8) is 0 Å². The van der Waals surface area contributed by atoms with E-state index in [0.717, 1.165) is 0 Å². The number of nitrogens with zero attached hydrogens (tertiary/aromatic N) is 2. The third kappa shape index (κ3) is 3.23. The molecule has 1 heterocycles. The minimum Gasteiger partial charge on any atom is -0.377 e. The molecular formula is C13H13FN2O3. The molecule has 2 aromatic rings. The molecule has 2 rings (SSSR count). The van der Waals surface area contributed by atoms with Crippen LogP contribution in [0.25, 0.3) is 11.4 Å². The quantitative estimate of drug-likeness (QED) is 0.825. The summed E-state index contributed by atoms with van der Waals surface area (Å²) in [5.74, 6) is 0.123. The fraction of sp³-hybridized carbons (Fsp3) is 0.308. The van der Waals surface area contributed by atoms with E-state index >= 15 is 0 Å². The van der Waals surface area contributed by atoms with Gasteiger partial charge in [-0.1, -0.05) is 5.16 Å². The van der Waals surface area contributed by atoms with Gasteiger partial charge in [-0.15, -0.1) is 0 Å². The van der Waals surface area contributed by atoms with Gasteiger partial charge in [-0.3, -0.25) is 4.79 Å². The Bertz CT molecular complexity index is 595. The Balaban J connectivity index is 2.16. The van der Waals surface area contributed by atoms with E-state index in [2.05, 4.69) is 10.1 Å². The lowest BCUT2D eigenvalue weighted by molar-refractivity contribution is -0.122. The molecule has 0 unspecified atom stereocenters. The number of Topliss-reactive ketones (excluding diaryl/α,β-unsaturated/α-hetero) is 1. The largest absolute Gasteiger partial charge is 0.377 e. The Morgan fingerprint density at radius 3 is 2.95 bits per heavy atom. The molecular weight excluding hydrogens is 251 g/mol. The highest BCUT2D eigenvalue weighted by Gasteiger charge is 2.13. The molecule has 0 aliphatic carbocycles. The van der Waals surface area contributed by atoms with Crippen LogP contribution in [0.3, 0.4) is 0 Å². The van der Waals surface area contributed by atoms with Crippen molar-refractivity contribution in [3.8, 4) is 11.4 Å². The smallest absolute Gasteiger partial charge is 0.234 e. The molecule has 19 heavy (non-hydrogen) atoms. The molecule has 0 aliphatic rings. The monoisotopic (exact) mass is 264 g/mol. The van der Waals surface area contributed by atoms with Crippen molar-refractivity contribution in [2.75, 3.05) is 13.7 Å². The highest BCUT2D eigenvalue weighted by molar-refractivity contribution is 5.81. The van der Waals surface area contributed by atoms with Gasteiger partial charge >= 0.3 is 0 Å². The number of carbonyl (C=O) groups excluding carboxylic acids is 1. The van der Waals surface area contributed by atoms with E-state index in [1.54, 1.807) is 19.1 Å². The summed E-state index contributed by atoms with van der Waals surface area (Å²) in [4.78, 5) is 15.5. The molecule has 0 bridgehead atoms. The minimum atomic E-state index is -0.289. The fourth-order valence-electron chi connectivity index (χ4n) is 1.61. The summed E-state index contributed by atoms with van der Waals surface area (Å²) in [5.41, 5.74) is 1.15. The molecule has 5 nitrogen and oxygen atoms in total. The number of ether oxygens (including phenoxy) is 1. The van der Waals surface area contributed by atoms with E-state index < -0.39 is 0 Å². The minimum absolute atomic E-state index is 0.00731. The average Bonchev–Trinajstić information content (AvgIpc) is 2.81. The highest BCUT2D eigenvalue weighted by atomic mass is 19.1. The second kappa shape index (κ2) is 5.71. The second-order valence-electron chi connectivity index (χ2n) is 4.12. The first-order valence-electron chi connectivity index (χ1n) is 5.70. The summed E-state index contributed by atoms with van der Waals surface area (Å²) in [6, 6.07) is 4.53. The Labute approximate surface area is 109 Å². The summed E-state index contributed by atoms with van der Waals surface area (Å²) < 4.78 is 22.8. The molecule has 0 saturated carbocycles. The van der Waals surface area contributed by atoms with Gasteiger partial charge in [0.15, 0.2) is 5.78 Å². The van der Waals surface area contributed by atoms with Gasteiger partial charge in [-0.05, 0) is 30.7 Å². The summed E-state index contributed by atoms with van der Waals surface area (Å²) in [7, 11) is 1.44. The number of aromatic nitrogens is 2.